The summed E-state index contributed by atoms with van der Waals surface area (Å²) in [4.78, 5) is 17.3. The molecule has 0 aliphatic carbocycles. The van der Waals surface area contributed by atoms with E-state index in [2.05, 4.69) is 15.4 Å². The van der Waals surface area contributed by atoms with Gasteiger partial charge in [-0.15, -0.1) is 0 Å². The highest BCUT2D eigenvalue weighted by Gasteiger charge is 2.19. The Hall–Kier alpha value is -4.33. The third-order valence-corrected chi connectivity index (χ3v) is 4.82. The summed E-state index contributed by atoms with van der Waals surface area (Å²) in [5, 5.41) is 7.42. The number of aromatic nitrogens is 3. The van der Waals surface area contributed by atoms with Crippen LogP contribution < -0.4 is 19.5 Å². The molecule has 4 aromatic rings. The Morgan fingerprint density at radius 2 is 1.62 bits per heavy atom. The molecule has 2 heterocycles. The Balaban J connectivity index is 1.72. The molecule has 0 unspecified atom stereocenters. The van der Waals surface area contributed by atoms with E-state index in [0.717, 1.165) is 16.9 Å². The van der Waals surface area contributed by atoms with Crippen molar-refractivity contribution in [1.82, 2.24) is 14.8 Å². The number of anilines is 1. The topological polar surface area (TPSA) is 87.5 Å². The summed E-state index contributed by atoms with van der Waals surface area (Å²) in [5.41, 5.74) is 3.16. The summed E-state index contributed by atoms with van der Waals surface area (Å²) in [5.74, 6) is 0.945. The Morgan fingerprint density at radius 3 is 2.22 bits per heavy atom. The van der Waals surface area contributed by atoms with Gasteiger partial charge in [-0.1, -0.05) is 18.2 Å². The van der Waals surface area contributed by atoms with Crippen LogP contribution >= 0.6 is 0 Å². The maximum atomic E-state index is 13.1. The first-order valence-corrected chi connectivity index (χ1v) is 9.82. The van der Waals surface area contributed by atoms with E-state index in [1.165, 1.54) is 21.3 Å². The molecule has 0 aliphatic rings. The highest BCUT2D eigenvalue weighted by molar-refractivity contribution is 6.04. The van der Waals surface area contributed by atoms with Crippen LogP contribution in [0.1, 0.15) is 10.5 Å². The minimum Gasteiger partial charge on any atom is -0.493 e. The van der Waals surface area contributed by atoms with E-state index in [4.69, 9.17) is 14.2 Å². The molecule has 32 heavy (non-hydrogen) atoms. The number of methoxy groups -OCH3 is 3. The second-order valence-corrected chi connectivity index (χ2v) is 6.77. The fraction of sp³-hybridized carbons (Fsp3) is 0.125. The molecular formula is C24H22N4O4. The van der Waals surface area contributed by atoms with Crippen LogP contribution in [0.15, 0.2) is 73.1 Å². The summed E-state index contributed by atoms with van der Waals surface area (Å²) in [6, 6.07) is 18.4. The van der Waals surface area contributed by atoms with Crippen LogP contribution in [0.4, 0.5) is 5.69 Å². The number of carbonyl (C=O) groups is 1. The molecule has 8 nitrogen and oxygen atoms in total. The van der Waals surface area contributed by atoms with Gasteiger partial charge in [0.05, 0.1) is 32.7 Å². The first kappa shape index (κ1) is 20.9. The van der Waals surface area contributed by atoms with Gasteiger partial charge in [-0.05, 0) is 30.3 Å². The SMILES string of the molecule is COc1cc(NC(=O)c2cc(-c3cccnc3)n(-c3ccccc3)n2)cc(OC)c1OC. The van der Waals surface area contributed by atoms with Crippen LogP contribution in [-0.2, 0) is 0 Å². The lowest BCUT2D eigenvalue weighted by atomic mass is 10.2. The predicted octanol–water partition coefficient (Wildman–Crippen LogP) is 4.21. The molecule has 0 atom stereocenters. The van der Waals surface area contributed by atoms with Gasteiger partial charge in [0.25, 0.3) is 5.91 Å². The first-order valence-electron chi connectivity index (χ1n) is 9.82. The number of para-hydroxylation sites is 1. The molecule has 1 amide bonds. The minimum absolute atomic E-state index is 0.251. The van der Waals surface area contributed by atoms with Gasteiger partial charge in [0.1, 0.15) is 0 Å². The van der Waals surface area contributed by atoms with Crippen LogP contribution in [0, 0.1) is 0 Å². The lowest BCUT2D eigenvalue weighted by molar-refractivity contribution is 0.102. The lowest BCUT2D eigenvalue weighted by Gasteiger charge is -2.14. The van der Waals surface area contributed by atoms with Crippen molar-refractivity contribution in [2.75, 3.05) is 26.6 Å². The maximum absolute atomic E-state index is 13.1. The van der Waals surface area contributed by atoms with Gasteiger partial charge >= 0.3 is 0 Å². The van der Waals surface area contributed by atoms with E-state index in [9.17, 15) is 4.79 Å². The Morgan fingerprint density at radius 1 is 0.906 bits per heavy atom. The largest absolute Gasteiger partial charge is 0.493 e. The molecule has 162 valence electrons. The van der Waals surface area contributed by atoms with Gasteiger partial charge < -0.3 is 19.5 Å². The smallest absolute Gasteiger partial charge is 0.276 e. The molecule has 0 spiro atoms. The highest BCUT2D eigenvalue weighted by atomic mass is 16.5. The number of amides is 1. The number of nitrogens with one attached hydrogen (secondary N) is 1. The van der Waals surface area contributed by atoms with E-state index < -0.39 is 0 Å². The van der Waals surface area contributed by atoms with Gasteiger partial charge in [-0.25, -0.2) is 4.68 Å². The van der Waals surface area contributed by atoms with Crippen LogP contribution in [0.5, 0.6) is 17.2 Å². The third kappa shape index (κ3) is 4.11. The van der Waals surface area contributed by atoms with Crippen molar-refractivity contribution >= 4 is 11.6 Å². The second-order valence-electron chi connectivity index (χ2n) is 6.77. The summed E-state index contributed by atoms with van der Waals surface area (Å²) < 4.78 is 17.8. The molecule has 0 fully saturated rings. The van der Waals surface area contributed by atoms with Crippen molar-refractivity contribution in [2.45, 2.75) is 0 Å². The first-order chi connectivity index (χ1) is 15.6. The van der Waals surface area contributed by atoms with Crippen molar-refractivity contribution in [3.8, 4) is 34.2 Å². The second kappa shape index (κ2) is 9.22. The Bertz CT molecular complexity index is 1140. The van der Waals surface area contributed by atoms with Gasteiger partial charge in [-0.3, -0.25) is 9.78 Å². The number of pyridine rings is 1. The van der Waals surface area contributed by atoms with Crippen molar-refractivity contribution in [2.24, 2.45) is 0 Å². The highest BCUT2D eigenvalue weighted by Crippen LogP contribution is 2.40. The normalized spacial score (nSPS) is 10.5. The van der Waals surface area contributed by atoms with Crippen molar-refractivity contribution in [3.05, 3.63) is 78.8 Å². The number of ether oxygens (including phenoxy) is 3. The zero-order valence-electron chi connectivity index (χ0n) is 17.9. The van der Waals surface area contributed by atoms with Crippen molar-refractivity contribution in [3.63, 3.8) is 0 Å². The monoisotopic (exact) mass is 430 g/mol. The zero-order valence-corrected chi connectivity index (χ0v) is 17.9. The van der Waals surface area contributed by atoms with E-state index in [1.54, 1.807) is 35.3 Å². The average Bonchev–Trinajstić information content (AvgIpc) is 3.30. The lowest BCUT2D eigenvalue weighted by Crippen LogP contribution is -2.13. The summed E-state index contributed by atoms with van der Waals surface area (Å²) in [6.07, 6.45) is 3.43. The fourth-order valence-electron chi connectivity index (χ4n) is 3.33. The van der Waals surface area contributed by atoms with Gasteiger partial charge in [0.2, 0.25) is 5.75 Å². The minimum atomic E-state index is -0.376. The quantitative estimate of drug-likeness (QED) is 0.473. The van der Waals surface area contributed by atoms with Crippen LogP contribution in [0.3, 0.4) is 0 Å². The molecule has 1 N–H and O–H groups in total. The van der Waals surface area contributed by atoms with Crippen molar-refractivity contribution < 1.29 is 19.0 Å². The zero-order chi connectivity index (χ0) is 22.5. The van der Waals surface area contributed by atoms with E-state index in [-0.39, 0.29) is 11.6 Å². The molecule has 4 rings (SSSR count). The molecule has 2 aromatic heterocycles. The van der Waals surface area contributed by atoms with Gasteiger partial charge in [0, 0.05) is 35.8 Å². The Kier molecular flexibility index (Phi) is 6.03. The summed E-state index contributed by atoms with van der Waals surface area (Å²) in [6.45, 7) is 0. The average molecular weight is 430 g/mol. The standard InChI is InChI=1S/C24H22N4O4/c1-30-21-12-17(13-22(31-2)23(21)32-3)26-24(29)19-14-20(16-8-7-11-25-15-16)28(27-19)18-9-5-4-6-10-18/h4-15H,1-3H3,(H,26,29). The van der Waals surface area contributed by atoms with Crippen LogP contribution in [-0.4, -0.2) is 42.0 Å². The van der Waals surface area contributed by atoms with Crippen molar-refractivity contribution in [1.29, 1.82) is 0 Å². The molecule has 0 aliphatic heterocycles. The number of benzene rings is 2. The molecule has 2 aromatic carbocycles. The molecule has 0 bridgehead atoms. The molecular weight excluding hydrogens is 408 g/mol. The number of carbonyl (C=O) groups excluding carboxylic acids is 1. The molecule has 8 heteroatoms. The number of nitrogens with zero attached hydrogens (tertiary/aromatic N) is 3. The number of hydrogen-bond acceptors (Lipinski definition) is 6. The van der Waals surface area contributed by atoms with E-state index in [0.29, 0.717) is 22.9 Å². The van der Waals surface area contributed by atoms with E-state index in [1.807, 2.05) is 42.5 Å². The fourth-order valence-corrected chi connectivity index (χ4v) is 3.33. The molecule has 0 saturated heterocycles. The summed E-state index contributed by atoms with van der Waals surface area (Å²) in [7, 11) is 4.56. The Labute approximate surface area is 185 Å². The van der Waals surface area contributed by atoms with Gasteiger partial charge in [0.15, 0.2) is 17.2 Å². The van der Waals surface area contributed by atoms with E-state index >= 15 is 0 Å². The molecule has 0 radical (unpaired) electrons. The molecule has 0 saturated carbocycles. The third-order valence-electron chi connectivity index (χ3n) is 4.82. The number of hydrogen-bond donors (Lipinski definition) is 1. The van der Waals surface area contributed by atoms with Gasteiger partial charge in [-0.2, -0.15) is 5.10 Å². The maximum Gasteiger partial charge on any atom is 0.276 e. The number of rotatable bonds is 7. The summed E-state index contributed by atoms with van der Waals surface area (Å²) >= 11 is 0. The predicted molar refractivity (Wildman–Crippen MR) is 121 cm³/mol. The van der Waals surface area contributed by atoms with Crippen LogP contribution in [0.2, 0.25) is 0 Å². The van der Waals surface area contributed by atoms with Crippen LogP contribution in [0.25, 0.3) is 16.9 Å².